The lowest BCUT2D eigenvalue weighted by Gasteiger charge is -2.44. The Morgan fingerprint density at radius 3 is 2.22 bits per heavy atom. The monoisotopic (exact) mass is 1310 g/mol. The third kappa shape index (κ3) is 18.6. The number of nitrogens with one attached hydrogen (secondary N) is 3. The van der Waals surface area contributed by atoms with Crippen LogP contribution < -0.4 is 25.2 Å². The number of carbonyl (C=O) groups excluding carboxylic acids is 2. The molecule has 2 atom stereocenters. The molecule has 1 unspecified atom stereocenters. The van der Waals surface area contributed by atoms with Gasteiger partial charge in [0.2, 0.25) is 0 Å². The van der Waals surface area contributed by atoms with Gasteiger partial charge in [0.1, 0.15) is 11.5 Å². The highest BCUT2D eigenvalue weighted by atomic mass is 35.5. The molecule has 3 saturated heterocycles. The molecule has 89 heavy (non-hydrogen) atoms. The predicted molar refractivity (Wildman–Crippen MR) is 337 cm³/mol. The van der Waals surface area contributed by atoms with E-state index in [9.17, 15) is 44.4 Å². The van der Waals surface area contributed by atoms with Gasteiger partial charge in [0.15, 0.2) is 11.5 Å². The summed E-state index contributed by atoms with van der Waals surface area (Å²) >= 11 is 7.80. The van der Waals surface area contributed by atoms with Crippen LogP contribution in [0, 0.1) is 5.41 Å². The number of amides is 2. The van der Waals surface area contributed by atoms with Crippen molar-refractivity contribution in [2.24, 2.45) is 5.41 Å². The average Bonchev–Trinajstić information content (AvgIpc) is 1.18. The number of piperazine rings is 2. The van der Waals surface area contributed by atoms with E-state index >= 15 is 0 Å². The van der Waals surface area contributed by atoms with E-state index in [1.165, 1.54) is 35.0 Å². The van der Waals surface area contributed by atoms with Crippen LogP contribution in [0.1, 0.15) is 71.9 Å². The zero-order valence-electron chi connectivity index (χ0n) is 49.6. The van der Waals surface area contributed by atoms with Crippen LogP contribution >= 0.6 is 23.4 Å². The Balaban J connectivity index is 0.794. The number of carboxylic acids is 1. The second-order valence-corrected chi connectivity index (χ2v) is 28.2. The Kier molecular flexibility index (Phi) is 23.1. The number of anilines is 3. The van der Waals surface area contributed by atoms with Crippen LogP contribution in [0.3, 0.4) is 0 Å². The first-order valence-corrected chi connectivity index (χ1v) is 34.1. The number of carboxylic acid groups (broad SMARTS) is 1. The molecule has 0 spiro atoms. The number of allylic oxidation sites excluding steroid dienone is 1. The Bertz CT molecular complexity index is 3460. The van der Waals surface area contributed by atoms with Crippen LogP contribution in [-0.4, -0.2) is 200 Å². The first kappa shape index (κ1) is 67.0. The van der Waals surface area contributed by atoms with E-state index in [1.54, 1.807) is 18.2 Å². The fourth-order valence-electron chi connectivity index (χ4n) is 11.6. The minimum absolute atomic E-state index is 0.00777. The number of aromatic nitrogens is 2. The molecule has 5 aromatic rings. The van der Waals surface area contributed by atoms with Gasteiger partial charge in [-0.05, 0) is 134 Å². The summed E-state index contributed by atoms with van der Waals surface area (Å²) < 4.78 is 110. The molecule has 4 aliphatic rings. The van der Waals surface area contributed by atoms with Crippen molar-refractivity contribution < 1.29 is 59.0 Å². The lowest BCUT2D eigenvalue weighted by atomic mass is 9.71. The van der Waals surface area contributed by atoms with Crippen molar-refractivity contribution in [3.05, 3.63) is 137 Å². The summed E-state index contributed by atoms with van der Waals surface area (Å²) in [5.74, 6) is -1.41. The van der Waals surface area contributed by atoms with Gasteiger partial charge in [-0.15, -0.1) is 22.0 Å². The number of thioether (sulfide) groups is 1. The predicted octanol–water partition coefficient (Wildman–Crippen LogP) is 8.04. The van der Waals surface area contributed by atoms with E-state index in [4.69, 9.17) is 26.2 Å². The van der Waals surface area contributed by atoms with Crippen LogP contribution in [0.5, 0.6) is 0 Å². The van der Waals surface area contributed by atoms with E-state index in [0.717, 1.165) is 113 Å². The van der Waals surface area contributed by atoms with Gasteiger partial charge < -0.3 is 39.9 Å². The summed E-state index contributed by atoms with van der Waals surface area (Å²) in [5.41, 5.74) is -1.31. The van der Waals surface area contributed by atoms with E-state index in [2.05, 4.69) is 64.4 Å². The third-order valence-electron chi connectivity index (χ3n) is 16.4. The maximum absolute atomic E-state index is 14.4. The number of ether oxygens (including phenoxy) is 2. The Morgan fingerprint density at radius 1 is 0.809 bits per heavy atom. The quantitative estimate of drug-likeness (QED) is 0.0303. The summed E-state index contributed by atoms with van der Waals surface area (Å²) in [7, 11) is -11.0. The first-order chi connectivity index (χ1) is 42.6. The van der Waals surface area contributed by atoms with Crippen molar-refractivity contribution in [1.29, 1.82) is 0 Å². The Labute approximate surface area is 527 Å². The second kappa shape index (κ2) is 30.6. The molecule has 3 aliphatic heterocycles. The van der Waals surface area contributed by atoms with Crippen LogP contribution in [0.15, 0.2) is 129 Å². The maximum Gasteiger partial charge on any atom is 0.501 e. The number of halogens is 4. The van der Waals surface area contributed by atoms with Gasteiger partial charge in [0.25, 0.3) is 31.7 Å². The zero-order valence-corrected chi connectivity index (χ0v) is 52.8. The average molecular weight is 1310 g/mol. The summed E-state index contributed by atoms with van der Waals surface area (Å²) in [6.45, 7) is 13.4. The fourth-order valence-corrected chi connectivity index (χ4v) is 14.8. The maximum atomic E-state index is 14.4. The Hall–Kier alpha value is -6.36. The third-order valence-corrected chi connectivity index (χ3v) is 20.7. The van der Waals surface area contributed by atoms with Crippen LogP contribution in [-0.2, 0) is 34.1 Å². The lowest BCUT2D eigenvalue weighted by Crippen LogP contribution is -2.50. The summed E-state index contributed by atoms with van der Waals surface area (Å²) in [6.07, 6.45) is 4.54. The lowest BCUT2D eigenvalue weighted by molar-refractivity contribution is -0.142. The minimum atomic E-state index is -6.10. The zero-order chi connectivity index (χ0) is 63.2. The number of sulfone groups is 1. The van der Waals surface area contributed by atoms with Gasteiger partial charge in [-0.1, -0.05) is 54.4 Å². The van der Waals surface area contributed by atoms with E-state index in [-0.39, 0.29) is 35.8 Å². The molecule has 480 valence electrons. The number of hydrogen-bond acceptors (Lipinski definition) is 18. The number of benzene rings is 4. The molecule has 0 radical (unpaired) electrons. The molecule has 2 amide bonds. The highest BCUT2D eigenvalue weighted by molar-refractivity contribution is 7.99. The van der Waals surface area contributed by atoms with Crippen molar-refractivity contribution in [1.82, 2.24) is 34.9 Å². The molecule has 0 saturated carbocycles. The van der Waals surface area contributed by atoms with E-state index in [1.807, 2.05) is 53.3 Å². The van der Waals surface area contributed by atoms with Crippen molar-refractivity contribution in [3.8, 4) is 0 Å². The number of alkyl halides is 3. The molecule has 9 rings (SSSR count). The molecule has 1 aliphatic carbocycles. The van der Waals surface area contributed by atoms with Gasteiger partial charge in [0, 0.05) is 138 Å². The highest BCUT2D eigenvalue weighted by Gasteiger charge is 2.49. The van der Waals surface area contributed by atoms with Gasteiger partial charge in [0.05, 0.1) is 17.2 Å². The fraction of sp³-hybridized carbons (Fsp3) is 0.468. The number of aliphatic carboxylic acids is 1. The van der Waals surface area contributed by atoms with Gasteiger partial charge >= 0.3 is 11.5 Å². The van der Waals surface area contributed by atoms with E-state index < -0.39 is 58.8 Å². The van der Waals surface area contributed by atoms with Crippen LogP contribution in [0.2, 0.25) is 5.02 Å². The molecular formula is C62H76ClF3N10O10S3. The normalized spacial score (nSPS) is 18.9. The van der Waals surface area contributed by atoms with Crippen molar-refractivity contribution in [2.75, 3.05) is 139 Å². The van der Waals surface area contributed by atoms with E-state index in [0.29, 0.717) is 81.4 Å². The number of nitrogens with zero attached hydrogens (tertiary/aromatic N) is 7. The topological polar surface area (TPSA) is 236 Å². The SMILES string of the molecule is C[C@@]1(CN2CCN(c3ccc(C(=O)NCCCOCC(=O)O)nn3)CC2)CCC(c2ccc(Cl)cc2)=C(CN2CCN(c3ccc(C(=O)NS(=O)(=O)c4ccc(NC(CCN5CCCOCC5)CSc5ccccc5)c(S(=O)(=O)C(F)(F)F)c4)cc3)CC2)C1. The molecule has 27 heteroatoms. The first-order valence-electron chi connectivity index (χ1n) is 29.8. The van der Waals surface area contributed by atoms with Gasteiger partial charge in [-0.2, -0.15) is 13.2 Å². The molecule has 0 bridgehead atoms. The smallest absolute Gasteiger partial charge is 0.480 e. The highest BCUT2D eigenvalue weighted by Crippen LogP contribution is 2.44. The Morgan fingerprint density at radius 2 is 1.53 bits per heavy atom. The van der Waals surface area contributed by atoms with Crippen molar-refractivity contribution >= 4 is 83.8 Å². The van der Waals surface area contributed by atoms with Crippen molar-refractivity contribution in [2.45, 2.75) is 71.7 Å². The minimum Gasteiger partial charge on any atom is -0.480 e. The molecule has 3 fully saturated rings. The summed E-state index contributed by atoms with van der Waals surface area (Å²) in [6, 6.07) is 29.1. The standard InChI is InChI=1S/C62H76ClF3N10O10S3/c1-61(44-74-29-33-76(34-30-74)57-20-19-55(69-70-57)60(80)67-24-5-36-86-42-58(77)78)23-21-53(45-9-13-48(63)14-10-45)47(40-61)41-73-27-31-75(32-28-73)50-15-11-46(12-16-50)59(79)71-89(83,84)52-17-18-54(56(39-52)88(81,82)62(64,65)66)68-49(43-87-51-7-3-2-4-8-51)22-26-72-25-6-37-85-38-35-72/h2-4,7-20,39,49,68H,5-6,21-38,40-44H2,1H3,(H,67,80)(H,71,79)(H,77,78)/t49?,61-/m1/s1. The molecule has 1 aromatic heterocycles. The molecule has 4 aromatic carbocycles. The summed E-state index contributed by atoms with van der Waals surface area (Å²) in [5, 5.41) is 23.7. The summed E-state index contributed by atoms with van der Waals surface area (Å²) in [4.78, 5) is 47.1. The van der Waals surface area contributed by atoms with Crippen LogP contribution in [0.25, 0.3) is 5.57 Å². The molecule has 4 N–H and O–H groups in total. The second-order valence-electron chi connectivity index (χ2n) is 23.1. The van der Waals surface area contributed by atoms with Crippen molar-refractivity contribution in [3.63, 3.8) is 0 Å². The number of rotatable bonds is 26. The number of sulfonamides is 1. The molecule has 20 nitrogen and oxygen atoms in total. The number of carbonyl (C=O) groups is 3. The van der Waals surface area contributed by atoms with Gasteiger partial charge in [-0.3, -0.25) is 19.4 Å². The largest absolute Gasteiger partial charge is 0.501 e. The molecular weight excluding hydrogens is 1230 g/mol. The van der Waals surface area contributed by atoms with Gasteiger partial charge in [-0.25, -0.2) is 26.4 Å². The number of hydrogen-bond donors (Lipinski definition) is 4. The van der Waals surface area contributed by atoms with Crippen LogP contribution in [0.4, 0.5) is 30.4 Å². The molecule has 4 heterocycles.